The third-order valence-electron chi connectivity index (χ3n) is 3.04. The van der Waals surface area contributed by atoms with Crippen LogP contribution in [0.25, 0.3) is 0 Å². The Hall–Kier alpha value is -2.67. The zero-order valence-corrected chi connectivity index (χ0v) is 11.4. The monoisotopic (exact) mass is 304 g/mol. The average Bonchev–Trinajstić information content (AvgIpc) is 2.45. The molecule has 1 aromatic heterocycles. The van der Waals surface area contributed by atoms with Crippen molar-refractivity contribution in [2.24, 2.45) is 0 Å². The van der Waals surface area contributed by atoms with Crippen molar-refractivity contribution in [2.45, 2.75) is 0 Å². The Morgan fingerprint density at radius 2 is 2.05 bits per heavy atom. The summed E-state index contributed by atoms with van der Waals surface area (Å²) in [5, 5.41) is 14.0. The van der Waals surface area contributed by atoms with E-state index in [2.05, 4.69) is 10.3 Å². The molecule has 0 bridgehead atoms. The van der Waals surface area contributed by atoms with Crippen LogP contribution >= 0.6 is 11.6 Å². The lowest BCUT2D eigenvalue weighted by Crippen LogP contribution is -2.35. The van der Waals surface area contributed by atoms with E-state index in [0.29, 0.717) is 11.4 Å². The normalized spacial score (nSPS) is 13.6. The quantitative estimate of drug-likeness (QED) is 0.523. The number of hydrogen-bond donors (Lipinski definition) is 1. The van der Waals surface area contributed by atoms with Crippen molar-refractivity contribution in [1.82, 2.24) is 4.98 Å². The summed E-state index contributed by atoms with van der Waals surface area (Å²) in [5.41, 5.74) is 1.00. The summed E-state index contributed by atoms with van der Waals surface area (Å²) in [6.07, 6.45) is 0. The fourth-order valence-electron chi connectivity index (χ4n) is 2.18. The van der Waals surface area contributed by atoms with Gasteiger partial charge in [0.2, 0.25) is 11.7 Å². The summed E-state index contributed by atoms with van der Waals surface area (Å²) in [7, 11) is 0. The van der Waals surface area contributed by atoms with Crippen LogP contribution in [0.2, 0.25) is 5.15 Å². The minimum absolute atomic E-state index is 0.0507. The van der Waals surface area contributed by atoms with E-state index in [9.17, 15) is 14.9 Å². The molecule has 0 atom stereocenters. The van der Waals surface area contributed by atoms with Gasteiger partial charge in [-0.15, -0.1) is 0 Å². The van der Waals surface area contributed by atoms with Crippen molar-refractivity contribution in [2.75, 3.05) is 16.8 Å². The number of nitrogens with one attached hydrogen (secondary N) is 1. The molecule has 0 unspecified atom stereocenters. The molecule has 2 aromatic rings. The number of hydrogen-bond acceptors (Lipinski definition) is 5. The molecule has 106 valence electrons. The van der Waals surface area contributed by atoms with Crippen LogP contribution < -0.4 is 10.2 Å². The third-order valence-corrected chi connectivity index (χ3v) is 3.25. The number of rotatable bonds is 2. The molecule has 1 aliphatic rings. The van der Waals surface area contributed by atoms with E-state index in [1.807, 2.05) is 0 Å². The fourth-order valence-corrected chi connectivity index (χ4v) is 2.32. The van der Waals surface area contributed by atoms with E-state index in [1.165, 1.54) is 17.0 Å². The van der Waals surface area contributed by atoms with Crippen molar-refractivity contribution in [3.05, 3.63) is 51.7 Å². The molecule has 0 fully saturated rings. The first-order valence-electron chi connectivity index (χ1n) is 6.03. The molecule has 7 nitrogen and oxygen atoms in total. The van der Waals surface area contributed by atoms with Crippen LogP contribution in [-0.2, 0) is 4.79 Å². The topological polar surface area (TPSA) is 88.4 Å². The maximum atomic E-state index is 11.8. The maximum Gasteiger partial charge on any atom is 0.312 e. The summed E-state index contributed by atoms with van der Waals surface area (Å²) in [4.78, 5) is 27.9. The summed E-state index contributed by atoms with van der Waals surface area (Å²) in [6, 6.07) is 9.64. The minimum Gasteiger partial charge on any atom is -0.323 e. The highest BCUT2D eigenvalue weighted by atomic mass is 35.5. The highest BCUT2D eigenvalue weighted by molar-refractivity contribution is 6.29. The molecule has 2 heterocycles. The summed E-state index contributed by atoms with van der Waals surface area (Å²) in [5.74, 6) is -0.223. The first-order chi connectivity index (χ1) is 10.1. The van der Waals surface area contributed by atoms with Crippen LogP contribution in [0.3, 0.4) is 0 Å². The molecule has 1 N–H and O–H groups in total. The molecule has 21 heavy (non-hydrogen) atoms. The smallest absolute Gasteiger partial charge is 0.312 e. The largest absolute Gasteiger partial charge is 0.323 e. The molecule has 8 heteroatoms. The van der Waals surface area contributed by atoms with E-state index in [-0.39, 0.29) is 29.1 Å². The number of benzene rings is 1. The molecule has 0 aliphatic carbocycles. The van der Waals surface area contributed by atoms with Gasteiger partial charge in [0, 0.05) is 6.07 Å². The number of anilines is 3. The van der Waals surface area contributed by atoms with Crippen molar-refractivity contribution in [3.8, 4) is 0 Å². The second-order valence-corrected chi connectivity index (χ2v) is 4.77. The van der Waals surface area contributed by atoms with Crippen molar-refractivity contribution in [1.29, 1.82) is 0 Å². The Morgan fingerprint density at radius 1 is 1.29 bits per heavy atom. The van der Waals surface area contributed by atoms with Gasteiger partial charge in [0.05, 0.1) is 16.3 Å². The van der Waals surface area contributed by atoms with Gasteiger partial charge < -0.3 is 10.2 Å². The Bertz CT molecular complexity index is 750. The number of aromatic nitrogens is 1. The Balaban J connectivity index is 2.19. The summed E-state index contributed by atoms with van der Waals surface area (Å²) >= 11 is 5.84. The van der Waals surface area contributed by atoms with Crippen LogP contribution in [0.5, 0.6) is 0 Å². The molecule has 1 aliphatic heterocycles. The van der Waals surface area contributed by atoms with Gasteiger partial charge in [0.1, 0.15) is 11.7 Å². The number of fused-ring (bicyclic) bond motifs is 1. The van der Waals surface area contributed by atoms with Gasteiger partial charge in [-0.25, -0.2) is 4.98 Å². The van der Waals surface area contributed by atoms with Gasteiger partial charge in [-0.1, -0.05) is 23.7 Å². The van der Waals surface area contributed by atoms with E-state index in [0.717, 1.165) is 0 Å². The molecular formula is C13H9ClN4O3. The Kier molecular flexibility index (Phi) is 3.19. The van der Waals surface area contributed by atoms with Crippen molar-refractivity contribution in [3.63, 3.8) is 0 Å². The first kappa shape index (κ1) is 13.3. The molecule has 0 radical (unpaired) electrons. The summed E-state index contributed by atoms with van der Waals surface area (Å²) < 4.78 is 0. The minimum atomic E-state index is -0.548. The lowest BCUT2D eigenvalue weighted by atomic mass is 10.2. The predicted octanol–water partition coefficient (Wildman–Crippen LogP) is 2.73. The number of para-hydroxylation sites is 2. The van der Waals surface area contributed by atoms with E-state index in [1.54, 1.807) is 24.3 Å². The molecule has 1 aromatic carbocycles. The van der Waals surface area contributed by atoms with E-state index in [4.69, 9.17) is 11.6 Å². The molecule has 0 saturated carbocycles. The van der Waals surface area contributed by atoms with Gasteiger partial charge in [0.15, 0.2) is 0 Å². The Labute approximate surface area is 124 Å². The SMILES string of the molecule is O=C1CN(c2nc(Cl)ccc2[N+](=O)[O-])c2ccccc2N1. The van der Waals surface area contributed by atoms with Crippen molar-refractivity contribution < 1.29 is 9.72 Å². The van der Waals surface area contributed by atoms with E-state index < -0.39 is 4.92 Å². The standard InChI is InChI=1S/C13H9ClN4O3/c14-11-6-5-10(18(20)21)13(16-11)17-7-12(19)15-8-3-1-2-4-9(8)17/h1-6H,7H2,(H,15,19). The second-order valence-electron chi connectivity index (χ2n) is 4.39. The number of pyridine rings is 1. The van der Waals surface area contributed by atoms with Crippen LogP contribution in [-0.4, -0.2) is 22.4 Å². The zero-order chi connectivity index (χ0) is 15.0. The number of carbonyl (C=O) groups excluding carboxylic acids is 1. The van der Waals surface area contributed by atoms with Gasteiger partial charge >= 0.3 is 5.69 Å². The molecule has 3 rings (SSSR count). The highest BCUT2D eigenvalue weighted by Gasteiger charge is 2.29. The third kappa shape index (κ3) is 2.38. The average molecular weight is 305 g/mol. The fraction of sp³-hybridized carbons (Fsp3) is 0.0769. The van der Waals surface area contributed by atoms with Gasteiger partial charge in [-0.3, -0.25) is 14.9 Å². The molecular weight excluding hydrogens is 296 g/mol. The second kappa shape index (κ2) is 5.02. The first-order valence-corrected chi connectivity index (χ1v) is 6.41. The van der Waals surface area contributed by atoms with Crippen LogP contribution in [0.15, 0.2) is 36.4 Å². The molecule has 1 amide bonds. The number of carbonyl (C=O) groups is 1. The van der Waals surface area contributed by atoms with E-state index >= 15 is 0 Å². The lowest BCUT2D eigenvalue weighted by molar-refractivity contribution is -0.384. The predicted molar refractivity (Wildman–Crippen MR) is 78.0 cm³/mol. The number of nitro groups is 1. The number of nitrogens with zero attached hydrogens (tertiary/aromatic N) is 3. The van der Waals surface area contributed by atoms with Crippen molar-refractivity contribution >= 4 is 40.4 Å². The Morgan fingerprint density at radius 3 is 2.81 bits per heavy atom. The van der Waals surface area contributed by atoms with Crippen LogP contribution in [0.1, 0.15) is 0 Å². The number of amides is 1. The molecule has 0 saturated heterocycles. The number of halogens is 1. The lowest BCUT2D eigenvalue weighted by Gasteiger charge is -2.29. The van der Waals surface area contributed by atoms with Gasteiger partial charge in [-0.2, -0.15) is 0 Å². The van der Waals surface area contributed by atoms with Crippen LogP contribution in [0.4, 0.5) is 22.9 Å². The summed E-state index contributed by atoms with van der Waals surface area (Å²) in [6.45, 7) is -0.0643. The van der Waals surface area contributed by atoms with Gasteiger partial charge in [0.25, 0.3) is 0 Å². The zero-order valence-electron chi connectivity index (χ0n) is 10.6. The highest BCUT2D eigenvalue weighted by Crippen LogP contribution is 2.38. The maximum absolute atomic E-state index is 11.8. The van der Waals surface area contributed by atoms with Gasteiger partial charge in [-0.05, 0) is 18.2 Å². The van der Waals surface area contributed by atoms with Crippen LogP contribution in [0, 0.1) is 10.1 Å². The molecule has 0 spiro atoms.